The van der Waals surface area contributed by atoms with E-state index >= 15 is 0 Å². The number of nitrogens with one attached hydrogen (secondary N) is 1. The predicted octanol–water partition coefficient (Wildman–Crippen LogP) is 5.98. The summed E-state index contributed by atoms with van der Waals surface area (Å²) in [5, 5.41) is 15.1. The van der Waals surface area contributed by atoms with E-state index in [2.05, 4.69) is 10.3 Å². The number of benzene rings is 3. The molecule has 6 heteroatoms. The standard InChI is InChI=1S/C31H28N2O4/c1-20(34)33-30(22-10-8-21(9-11-22)26-6-4-5-7-28(26)36-3)23-12-13-27-24(18-23)19-29(37-27)31(2,35)25-14-16-32-17-15-25/h4-19,30,35H,1-3H3,(H,33,34). The molecule has 5 rings (SSSR count). The van der Waals surface area contributed by atoms with Gasteiger partial charge in [0.1, 0.15) is 22.7 Å². The maximum absolute atomic E-state index is 12.1. The van der Waals surface area contributed by atoms with Crippen molar-refractivity contribution in [1.29, 1.82) is 0 Å². The number of ether oxygens (including phenoxy) is 1. The summed E-state index contributed by atoms with van der Waals surface area (Å²) in [6.45, 7) is 3.21. The largest absolute Gasteiger partial charge is 0.496 e. The van der Waals surface area contributed by atoms with Gasteiger partial charge in [-0.05, 0) is 65.6 Å². The third-order valence-corrected chi connectivity index (χ3v) is 6.61. The molecule has 0 spiro atoms. The minimum Gasteiger partial charge on any atom is -0.496 e. The lowest BCUT2D eigenvalue weighted by atomic mass is 9.93. The Hall–Kier alpha value is -4.42. The maximum atomic E-state index is 12.1. The van der Waals surface area contributed by atoms with Gasteiger partial charge in [0, 0.05) is 30.3 Å². The summed E-state index contributed by atoms with van der Waals surface area (Å²) in [4.78, 5) is 16.2. The van der Waals surface area contributed by atoms with E-state index in [0.717, 1.165) is 33.4 Å². The molecule has 1 amide bonds. The van der Waals surface area contributed by atoms with Gasteiger partial charge in [0.05, 0.1) is 13.2 Å². The monoisotopic (exact) mass is 492 g/mol. The van der Waals surface area contributed by atoms with Crippen LogP contribution in [0.4, 0.5) is 0 Å². The molecule has 186 valence electrons. The van der Waals surface area contributed by atoms with Gasteiger partial charge in [-0.1, -0.05) is 48.5 Å². The molecule has 2 atom stereocenters. The highest BCUT2D eigenvalue weighted by Crippen LogP contribution is 2.35. The summed E-state index contributed by atoms with van der Waals surface area (Å²) >= 11 is 0. The molecule has 0 bridgehead atoms. The number of rotatable bonds is 7. The fourth-order valence-corrected chi connectivity index (χ4v) is 4.60. The second-order valence-electron chi connectivity index (χ2n) is 9.17. The zero-order chi connectivity index (χ0) is 26.0. The SMILES string of the molecule is COc1ccccc1-c1ccc(C(NC(C)=O)c2ccc3oc(C(C)(O)c4ccncc4)cc3c2)cc1. The van der Waals surface area contributed by atoms with E-state index < -0.39 is 5.60 Å². The third-order valence-electron chi connectivity index (χ3n) is 6.61. The van der Waals surface area contributed by atoms with Crippen LogP contribution in [0.1, 0.15) is 42.3 Å². The van der Waals surface area contributed by atoms with Crippen LogP contribution in [-0.4, -0.2) is 23.1 Å². The first-order valence-corrected chi connectivity index (χ1v) is 12.0. The van der Waals surface area contributed by atoms with Crippen molar-refractivity contribution >= 4 is 16.9 Å². The van der Waals surface area contributed by atoms with Crippen LogP contribution in [0.25, 0.3) is 22.1 Å². The number of hydrogen-bond donors (Lipinski definition) is 2. The fraction of sp³-hybridized carbons (Fsp3) is 0.161. The molecule has 2 aromatic heterocycles. The van der Waals surface area contributed by atoms with E-state index in [4.69, 9.17) is 9.15 Å². The first-order chi connectivity index (χ1) is 17.9. The molecule has 0 aliphatic heterocycles. The van der Waals surface area contributed by atoms with Crippen LogP contribution in [0.5, 0.6) is 5.75 Å². The van der Waals surface area contributed by atoms with Gasteiger partial charge in [-0.15, -0.1) is 0 Å². The molecule has 2 N–H and O–H groups in total. The van der Waals surface area contributed by atoms with Crippen LogP contribution in [0, 0.1) is 0 Å². The van der Waals surface area contributed by atoms with Gasteiger partial charge in [0.2, 0.25) is 5.91 Å². The van der Waals surface area contributed by atoms with Crippen LogP contribution < -0.4 is 10.1 Å². The number of aromatic nitrogens is 1. The van der Waals surface area contributed by atoms with E-state index in [1.54, 1.807) is 38.6 Å². The third kappa shape index (κ3) is 4.84. The summed E-state index contributed by atoms with van der Waals surface area (Å²) in [5.74, 6) is 1.10. The summed E-state index contributed by atoms with van der Waals surface area (Å²) < 4.78 is 11.5. The number of amides is 1. The molecular formula is C31H28N2O4. The molecule has 6 nitrogen and oxygen atoms in total. The highest BCUT2D eigenvalue weighted by molar-refractivity contribution is 5.80. The smallest absolute Gasteiger partial charge is 0.217 e. The van der Waals surface area contributed by atoms with Crippen molar-refractivity contribution in [2.45, 2.75) is 25.5 Å². The van der Waals surface area contributed by atoms with Crippen molar-refractivity contribution in [3.8, 4) is 16.9 Å². The average Bonchev–Trinajstić information content (AvgIpc) is 3.37. The van der Waals surface area contributed by atoms with Crippen LogP contribution in [-0.2, 0) is 10.4 Å². The quantitative estimate of drug-likeness (QED) is 0.292. The van der Waals surface area contributed by atoms with E-state index in [-0.39, 0.29) is 11.9 Å². The lowest BCUT2D eigenvalue weighted by Crippen LogP contribution is -2.26. The Morgan fingerprint density at radius 3 is 2.38 bits per heavy atom. The average molecular weight is 493 g/mol. The molecule has 0 aliphatic carbocycles. The summed E-state index contributed by atoms with van der Waals surface area (Å²) in [5.41, 5.74) is 3.91. The topological polar surface area (TPSA) is 84.6 Å². The van der Waals surface area contributed by atoms with E-state index in [0.29, 0.717) is 16.9 Å². The highest BCUT2D eigenvalue weighted by atomic mass is 16.5. The van der Waals surface area contributed by atoms with Crippen LogP contribution >= 0.6 is 0 Å². The normalized spacial score (nSPS) is 13.6. The zero-order valence-corrected chi connectivity index (χ0v) is 20.9. The number of aliphatic hydroxyl groups is 1. The van der Waals surface area contributed by atoms with Gasteiger partial charge in [0.25, 0.3) is 0 Å². The van der Waals surface area contributed by atoms with Crippen molar-refractivity contribution in [2.24, 2.45) is 0 Å². The zero-order valence-electron chi connectivity index (χ0n) is 20.9. The summed E-state index contributed by atoms with van der Waals surface area (Å²) in [6.07, 6.45) is 3.28. The first-order valence-electron chi connectivity index (χ1n) is 12.0. The molecule has 0 saturated carbocycles. The molecular weight excluding hydrogens is 464 g/mol. The van der Waals surface area contributed by atoms with Crippen molar-refractivity contribution in [3.63, 3.8) is 0 Å². The van der Waals surface area contributed by atoms with E-state index in [1.807, 2.05) is 72.8 Å². The molecule has 5 aromatic rings. The number of carbonyl (C=O) groups is 1. The van der Waals surface area contributed by atoms with Crippen LogP contribution in [0.15, 0.2) is 102 Å². The lowest BCUT2D eigenvalue weighted by molar-refractivity contribution is -0.119. The van der Waals surface area contributed by atoms with Crippen molar-refractivity contribution in [1.82, 2.24) is 10.3 Å². The number of methoxy groups -OCH3 is 1. The van der Waals surface area contributed by atoms with Crippen molar-refractivity contribution in [2.75, 3.05) is 7.11 Å². The number of pyridine rings is 1. The number of hydrogen-bond acceptors (Lipinski definition) is 5. The predicted molar refractivity (Wildman–Crippen MR) is 143 cm³/mol. The molecule has 0 radical (unpaired) electrons. The number of furan rings is 1. The van der Waals surface area contributed by atoms with Gasteiger partial charge < -0.3 is 19.6 Å². The van der Waals surface area contributed by atoms with E-state index in [9.17, 15) is 9.90 Å². The minimum absolute atomic E-state index is 0.132. The Kier molecular flexibility index (Phi) is 6.51. The number of nitrogens with zero attached hydrogens (tertiary/aromatic N) is 1. The molecule has 37 heavy (non-hydrogen) atoms. The molecule has 2 heterocycles. The lowest BCUT2D eigenvalue weighted by Gasteiger charge is -2.20. The van der Waals surface area contributed by atoms with Gasteiger partial charge in [-0.3, -0.25) is 9.78 Å². The number of fused-ring (bicyclic) bond motifs is 1. The maximum Gasteiger partial charge on any atom is 0.217 e. The second-order valence-corrected chi connectivity index (χ2v) is 9.17. The Balaban J connectivity index is 1.50. The van der Waals surface area contributed by atoms with Gasteiger partial charge in [0.15, 0.2) is 0 Å². The van der Waals surface area contributed by atoms with Crippen molar-refractivity contribution < 1.29 is 19.1 Å². The Morgan fingerprint density at radius 2 is 1.68 bits per heavy atom. The molecule has 0 fully saturated rings. The molecule has 0 aliphatic rings. The van der Waals surface area contributed by atoms with Gasteiger partial charge in [-0.25, -0.2) is 0 Å². The van der Waals surface area contributed by atoms with Gasteiger partial charge >= 0.3 is 0 Å². The fourth-order valence-electron chi connectivity index (χ4n) is 4.60. The number of carbonyl (C=O) groups excluding carboxylic acids is 1. The highest BCUT2D eigenvalue weighted by Gasteiger charge is 2.30. The minimum atomic E-state index is -1.31. The number of para-hydroxylation sites is 1. The Bertz CT molecular complexity index is 1540. The molecule has 0 saturated heterocycles. The first kappa shape index (κ1) is 24.3. The molecule has 2 unspecified atom stereocenters. The summed E-state index contributed by atoms with van der Waals surface area (Å²) in [7, 11) is 1.66. The Labute approximate surface area is 215 Å². The van der Waals surface area contributed by atoms with Gasteiger partial charge in [-0.2, -0.15) is 0 Å². The Morgan fingerprint density at radius 1 is 0.973 bits per heavy atom. The summed E-state index contributed by atoms with van der Waals surface area (Å²) in [6, 6.07) is 26.8. The second kappa shape index (κ2) is 9.91. The van der Waals surface area contributed by atoms with Crippen LogP contribution in [0.2, 0.25) is 0 Å². The van der Waals surface area contributed by atoms with Crippen LogP contribution in [0.3, 0.4) is 0 Å². The van der Waals surface area contributed by atoms with Crippen molar-refractivity contribution in [3.05, 3.63) is 120 Å². The van der Waals surface area contributed by atoms with E-state index in [1.165, 1.54) is 6.92 Å². The molecule has 3 aromatic carbocycles.